The zero-order valence-electron chi connectivity index (χ0n) is 31.2. The number of hydrogen-bond donors (Lipinski definition) is 3. The molecule has 1 aliphatic carbocycles. The quantitative estimate of drug-likeness (QED) is 0.168. The first-order valence-corrected chi connectivity index (χ1v) is 19.0. The summed E-state index contributed by atoms with van der Waals surface area (Å²) in [6, 6.07) is 20.0. The molecule has 5 aromatic rings. The van der Waals surface area contributed by atoms with Crippen LogP contribution in [0.15, 0.2) is 81.1 Å². The van der Waals surface area contributed by atoms with E-state index < -0.39 is 22.6 Å². The fourth-order valence-corrected chi connectivity index (χ4v) is 8.05. The molecule has 0 spiro atoms. The fraction of sp³-hybridized carbons (Fsp3) is 0.357. The maximum Gasteiger partial charge on any atom is 0.336 e. The van der Waals surface area contributed by atoms with E-state index in [1.54, 1.807) is 32.0 Å². The Morgan fingerprint density at radius 1 is 0.836 bits per heavy atom. The van der Waals surface area contributed by atoms with Crippen molar-refractivity contribution in [1.82, 2.24) is 19.0 Å². The average Bonchev–Trinajstić information content (AvgIpc) is 4.01. The van der Waals surface area contributed by atoms with Gasteiger partial charge in [0, 0.05) is 56.1 Å². The monoisotopic (exact) mass is 745 g/mol. The van der Waals surface area contributed by atoms with Crippen LogP contribution in [0.4, 0.5) is 27.3 Å². The van der Waals surface area contributed by atoms with Crippen molar-refractivity contribution < 1.29 is 14.0 Å². The van der Waals surface area contributed by atoms with Crippen molar-refractivity contribution in [2.75, 3.05) is 35.2 Å². The molecule has 1 unspecified atom stereocenters. The van der Waals surface area contributed by atoms with Crippen molar-refractivity contribution in [2.24, 2.45) is 13.0 Å². The maximum absolute atomic E-state index is 15.1. The van der Waals surface area contributed by atoms with Crippen LogP contribution in [-0.2, 0) is 16.6 Å². The van der Waals surface area contributed by atoms with E-state index in [0.717, 1.165) is 55.0 Å². The number of piperidine rings is 2. The van der Waals surface area contributed by atoms with Crippen molar-refractivity contribution in [3.8, 4) is 5.69 Å². The summed E-state index contributed by atoms with van der Waals surface area (Å²) >= 11 is 0. The van der Waals surface area contributed by atoms with E-state index in [9.17, 15) is 24.0 Å². The Hall–Kier alpha value is -5.98. The molecule has 1 saturated carbocycles. The third kappa shape index (κ3) is 6.83. The minimum atomic E-state index is -0.526. The van der Waals surface area contributed by atoms with Crippen molar-refractivity contribution in [3.63, 3.8) is 0 Å². The minimum absolute atomic E-state index is 0.112. The summed E-state index contributed by atoms with van der Waals surface area (Å²) in [6.07, 6.45) is 4.20. The van der Waals surface area contributed by atoms with E-state index in [1.165, 1.54) is 26.8 Å². The number of hydrogen-bond acceptors (Lipinski definition) is 8. The first kappa shape index (κ1) is 36.0. The smallest absolute Gasteiger partial charge is 0.336 e. The molecule has 0 radical (unpaired) electrons. The summed E-state index contributed by atoms with van der Waals surface area (Å²) in [6.45, 7) is 5.87. The van der Waals surface area contributed by atoms with Gasteiger partial charge in [-0.05, 0) is 105 Å². The fourth-order valence-electron chi connectivity index (χ4n) is 8.05. The van der Waals surface area contributed by atoms with Crippen molar-refractivity contribution in [3.05, 3.63) is 120 Å². The standard InChI is InChI=1S/C42H44FN7O5/c1-24-7-15-34(33(43)21-24)45-38-36-37(25(2)40(53)47(38)3)49(42(55)50(41(36)54)30-12-13-30)31-6-4-5-28(22-31)44-23-26-17-19-48(20-18-26)29-10-8-27(9-11-29)32-14-16-35(51)46-39(32)52/h4-11,15,21-22,26,30,32,44-45H,12-14,16-20,23H2,1-3H3,(H,46,51,52). The van der Waals surface area contributed by atoms with Crippen LogP contribution < -0.4 is 37.7 Å². The number of nitrogens with zero attached hydrogens (tertiary/aromatic N) is 4. The molecule has 3 fully saturated rings. The molecular formula is C42H44FN7O5. The van der Waals surface area contributed by atoms with Gasteiger partial charge in [-0.1, -0.05) is 24.3 Å². The van der Waals surface area contributed by atoms with Gasteiger partial charge >= 0.3 is 5.69 Å². The first-order chi connectivity index (χ1) is 26.5. The molecular weight excluding hydrogens is 702 g/mol. The molecule has 4 heterocycles. The lowest BCUT2D eigenvalue weighted by atomic mass is 9.90. The summed E-state index contributed by atoms with van der Waals surface area (Å²) in [5, 5.41) is 9.17. The second kappa shape index (κ2) is 14.3. The topological polar surface area (TPSA) is 139 Å². The molecule has 3 aromatic carbocycles. The molecule has 1 atom stereocenters. The summed E-state index contributed by atoms with van der Waals surface area (Å²) in [5.74, 6) is -0.749. The predicted molar refractivity (Wildman–Crippen MR) is 211 cm³/mol. The predicted octanol–water partition coefficient (Wildman–Crippen LogP) is 5.53. The average molecular weight is 746 g/mol. The zero-order chi connectivity index (χ0) is 38.5. The van der Waals surface area contributed by atoms with E-state index in [-0.39, 0.29) is 51.7 Å². The number of amides is 2. The number of halogens is 1. The second-order valence-corrected chi connectivity index (χ2v) is 15.2. The van der Waals surface area contributed by atoms with Gasteiger partial charge in [0.15, 0.2) is 0 Å². The lowest BCUT2D eigenvalue weighted by molar-refractivity contribution is -0.134. The number of carbonyl (C=O) groups excluding carboxylic acids is 2. The van der Waals surface area contributed by atoms with E-state index in [0.29, 0.717) is 37.3 Å². The number of aromatic nitrogens is 3. The number of anilines is 4. The molecule has 284 valence electrons. The van der Waals surface area contributed by atoms with Crippen LogP contribution in [0.3, 0.4) is 0 Å². The van der Waals surface area contributed by atoms with Gasteiger partial charge in [0.2, 0.25) is 11.8 Å². The molecule has 8 rings (SSSR count). The Morgan fingerprint density at radius 2 is 1.58 bits per heavy atom. The number of nitrogens with one attached hydrogen (secondary N) is 3. The molecule has 0 bridgehead atoms. The highest BCUT2D eigenvalue weighted by atomic mass is 19.1. The van der Waals surface area contributed by atoms with Crippen LogP contribution in [0.5, 0.6) is 0 Å². The minimum Gasteiger partial charge on any atom is -0.385 e. The van der Waals surface area contributed by atoms with Gasteiger partial charge in [0.1, 0.15) is 17.0 Å². The molecule has 12 nitrogen and oxygen atoms in total. The van der Waals surface area contributed by atoms with Crippen molar-refractivity contribution in [2.45, 2.75) is 64.3 Å². The van der Waals surface area contributed by atoms with E-state index >= 15 is 4.39 Å². The highest BCUT2D eigenvalue weighted by molar-refractivity contribution is 6.01. The number of benzene rings is 3. The van der Waals surface area contributed by atoms with Gasteiger partial charge < -0.3 is 15.5 Å². The summed E-state index contributed by atoms with van der Waals surface area (Å²) in [7, 11) is 1.54. The molecule has 2 amide bonds. The lowest BCUT2D eigenvalue weighted by Gasteiger charge is -2.34. The Kier molecular flexibility index (Phi) is 9.40. The van der Waals surface area contributed by atoms with Crippen LogP contribution in [-0.4, -0.2) is 45.1 Å². The van der Waals surface area contributed by atoms with Gasteiger partial charge in [0.05, 0.1) is 22.8 Å². The molecule has 2 aromatic heterocycles. The van der Waals surface area contributed by atoms with Crippen LogP contribution >= 0.6 is 0 Å². The molecule has 2 saturated heterocycles. The Balaban J connectivity index is 1.04. The first-order valence-electron chi connectivity index (χ1n) is 19.0. The highest BCUT2D eigenvalue weighted by Gasteiger charge is 2.32. The molecule has 3 aliphatic rings. The largest absolute Gasteiger partial charge is 0.385 e. The molecule has 13 heteroatoms. The van der Waals surface area contributed by atoms with Gasteiger partial charge in [-0.2, -0.15) is 0 Å². The van der Waals surface area contributed by atoms with Crippen LogP contribution in [0.25, 0.3) is 16.6 Å². The van der Waals surface area contributed by atoms with Crippen molar-refractivity contribution in [1.29, 1.82) is 0 Å². The number of carbonyl (C=O) groups is 2. The summed E-state index contributed by atoms with van der Waals surface area (Å²) in [5.41, 5.74) is 3.16. The molecule has 55 heavy (non-hydrogen) atoms. The Labute approximate surface area is 316 Å². The van der Waals surface area contributed by atoms with Crippen molar-refractivity contribution >= 4 is 45.6 Å². The zero-order valence-corrected chi connectivity index (χ0v) is 31.2. The van der Waals surface area contributed by atoms with Crippen LogP contribution in [0.1, 0.15) is 67.2 Å². The number of rotatable bonds is 9. The second-order valence-electron chi connectivity index (χ2n) is 15.2. The number of imide groups is 1. The van der Waals surface area contributed by atoms with Crippen LogP contribution in [0.2, 0.25) is 0 Å². The summed E-state index contributed by atoms with van der Waals surface area (Å²) in [4.78, 5) is 68.4. The van der Waals surface area contributed by atoms with Crippen LogP contribution in [0, 0.1) is 25.6 Å². The SMILES string of the molecule is Cc1ccc(Nc2c3c(=O)n(C4CC4)c(=O)n(-c4cccc(NCC5CCN(c6ccc(C7CCC(=O)NC7=O)cc6)CC5)c4)c3c(C)c(=O)n2C)c(F)c1. The third-order valence-corrected chi connectivity index (χ3v) is 11.3. The maximum atomic E-state index is 15.1. The Morgan fingerprint density at radius 3 is 2.27 bits per heavy atom. The third-order valence-electron chi connectivity index (χ3n) is 11.3. The molecule has 2 aliphatic heterocycles. The van der Waals surface area contributed by atoms with Gasteiger partial charge in [0.25, 0.3) is 11.1 Å². The number of aryl methyl sites for hydroxylation is 2. The van der Waals surface area contributed by atoms with Gasteiger partial charge in [-0.15, -0.1) is 0 Å². The highest BCUT2D eigenvalue weighted by Crippen LogP contribution is 2.35. The van der Waals surface area contributed by atoms with Gasteiger partial charge in [-0.3, -0.25) is 38.2 Å². The van der Waals surface area contributed by atoms with E-state index in [1.807, 2.05) is 30.3 Å². The summed E-state index contributed by atoms with van der Waals surface area (Å²) < 4.78 is 19.1. The normalized spacial score (nSPS) is 17.7. The number of fused-ring (bicyclic) bond motifs is 1. The molecule has 3 N–H and O–H groups in total. The lowest BCUT2D eigenvalue weighted by Crippen LogP contribution is -2.41. The Bertz CT molecular complexity index is 2530. The van der Waals surface area contributed by atoms with E-state index in [2.05, 4.69) is 33.0 Å². The number of pyridine rings is 1. The van der Waals surface area contributed by atoms with E-state index in [4.69, 9.17) is 0 Å². The van der Waals surface area contributed by atoms with Gasteiger partial charge in [-0.25, -0.2) is 9.18 Å².